The first kappa shape index (κ1) is 31.7. The SMILES string of the molecule is CCCC(=O)O[C@@H]1C/C(C)=C\[C@@H]2OC(=O)[C@]3(C)O[C@]23[C@H](OC(C)=O)[C@H]2C(C)=C[C@@H](O)[C@H](OC(C)=O)[C@]2(C)[C@H]1OC(C)=O. The molecule has 0 radical (unpaired) electrons. The van der Waals surface area contributed by atoms with Crippen molar-refractivity contribution in [1.29, 1.82) is 0 Å². The maximum absolute atomic E-state index is 13.1. The number of aliphatic hydroxyl groups excluding tert-OH is 1. The van der Waals surface area contributed by atoms with Gasteiger partial charge in [0.15, 0.2) is 17.3 Å². The molecule has 0 aromatic carbocycles. The van der Waals surface area contributed by atoms with E-state index in [1.807, 2.05) is 6.92 Å². The third-order valence-electron chi connectivity index (χ3n) is 8.89. The minimum absolute atomic E-state index is 0.0421. The quantitative estimate of drug-likeness (QED) is 0.207. The summed E-state index contributed by atoms with van der Waals surface area (Å²) in [7, 11) is 0. The lowest BCUT2D eigenvalue weighted by Gasteiger charge is -2.54. The van der Waals surface area contributed by atoms with Crippen molar-refractivity contribution in [1.82, 2.24) is 0 Å². The third-order valence-corrected chi connectivity index (χ3v) is 8.89. The molecule has 0 aromatic rings. The molecule has 4 rings (SSSR count). The second-order valence-electron chi connectivity index (χ2n) is 12.1. The lowest BCUT2D eigenvalue weighted by molar-refractivity contribution is -0.224. The van der Waals surface area contributed by atoms with Gasteiger partial charge in [-0.25, -0.2) is 4.79 Å². The lowest BCUT2D eigenvalue weighted by Crippen LogP contribution is -2.66. The topological polar surface area (TPSA) is 164 Å². The van der Waals surface area contributed by atoms with E-state index < -0.39 is 89.0 Å². The van der Waals surface area contributed by atoms with Gasteiger partial charge in [-0.1, -0.05) is 31.1 Å². The Kier molecular flexibility index (Phi) is 8.38. The molecular formula is C30H40O12. The zero-order valence-corrected chi connectivity index (χ0v) is 25.3. The van der Waals surface area contributed by atoms with E-state index in [1.54, 1.807) is 33.8 Å². The maximum Gasteiger partial charge on any atom is 0.342 e. The highest BCUT2D eigenvalue weighted by molar-refractivity contribution is 5.89. The smallest absolute Gasteiger partial charge is 0.342 e. The monoisotopic (exact) mass is 592 g/mol. The summed E-state index contributed by atoms with van der Waals surface area (Å²) in [6.45, 7) is 12.0. The number of aliphatic hydroxyl groups is 1. The standard InChI is InChI=1S/C30H40O12/c1-9-10-22(35)40-20-11-14(2)12-21-30(29(8,42-30)27(36)41-21)26(39-18(6)33)23-15(3)13-19(34)24(37-16(4)31)28(23,7)25(20)38-17(5)32/h12-13,19-21,23-26,34H,9-11H2,1-8H3/b14-12-/t19-,20-,21+,23-,24+,25+,26-,28-,29+,30+/m1/s1. The molecule has 0 unspecified atom stereocenters. The fourth-order valence-electron chi connectivity index (χ4n) is 7.23. The van der Waals surface area contributed by atoms with Crippen LogP contribution in [0.25, 0.3) is 0 Å². The summed E-state index contributed by atoms with van der Waals surface area (Å²) in [5.41, 5.74) is -3.47. The fraction of sp³-hybridized carbons (Fsp3) is 0.700. The molecule has 0 aromatic heterocycles. The highest BCUT2D eigenvalue weighted by atomic mass is 16.7. The molecule has 232 valence electrons. The normalized spacial score (nSPS) is 41.7. The van der Waals surface area contributed by atoms with Crippen molar-refractivity contribution in [3.63, 3.8) is 0 Å². The molecule has 0 amide bonds. The lowest BCUT2D eigenvalue weighted by atomic mass is 9.56. The zero-order valence-electron chi connectivity index (χ0n) is 25.3. The van der Waals surface area contributed by atoms with Crippen molar-refractivity contribution in [2.45, 2.75) is 122 Å². The van der Waals surface area contributed by atoms with Crippen LogP contribution < -0.4 is 0 Å². The minimum atomic E-state index is -1.59. The van der Waals surface area contributed by atoms with E-state index in [9.17, 15) is 29.1 Å². The van der Waals surface area contributed by atoms with Crippen LogP contribution in [-0.2, 0) is 52.4 Å². The van der Waals surface area contributed by atoms with Crippen LogP contribution in [0.1, 0.15) is 74.7 Å². The van der Waals surface area contributed by atoms with Crippen molar-refractivity contribution >= 4 is 29.8 Å². The first-order valence-corrected chi connectivity index (χ1v) is 14.2. The van der Waals surface area contributed by atoms with Crippen LogP contribution in [-0.4, -0.2) is 82.8 Å². The molecule has 2 heterocycles. The minimum Gasteiger partial charge on any atom is -0.459 e. The molecule has 1 N–H and O–H groups in total. The Labute approximate surface area is 244 Å². The molecule has 2 fully saturated rings. The molecule has 1 spiro atoms. The largest absolute Gasteiger partial charge is 0.459 e. The number of fused-ring (bicyclic) bond motifs is 1. The van der Waals surface area contributed by atoms with Gasteiger partial charge in [0.05, 0.1) is 5.41 Å². The Morgan fingerprint density at radius 3 is 2.05 bits per heavy atom. The van der Waals surface area contributed by atoms with Crippen molar-refractivity contribution in [3.8, 4) is 0 Å². The fourth-order valence-corrected chi connectivity index (χ4v) is 7.23. The van der Waals surface area contributed by atoms with Crippen LogP contribution in [0.2, 0.25) is 0 Å². The molecule has 42 heavy (non-hydrogen) atoms. The summed E-state index contributed by atoms with van der Waals surface area (Å²) in [5.74, 6) is -4.32. The molecule has 0 saturated carbocycles. The molecular weight excluding hydrogens is 552 g/mol. The molecule has 12 nitrogen and oxygen atoms in total. The summed E-state index contributed by atoms with van der Waals surface area (Å²) in [5, 5.41) is 11.3. The van der Waals surface area contributed by atoms with Crippen molar-refractivity contribution < 1.29 is 57.5 Å². The van der Waals surface area contributed by atoms with E-state index in [0.717, 1.165) is 0 Å². The van der Waals surface area contributed by atoms with Crippen LogP contribution in [0.4, 0.5) is 0 Å². The molecule has 12 heteroatoms. The number of hydrogen-bond donors (Lipinski definition) is 1. The predicted octanol–water partition coefficient (Wildman–Crippen LogP) is 2.24. The van der Waals surface area contributed by atoms with Gasteiger partial charge in [0.25, 0.3) is 0 Å². The first-order valence-electron chi connectivity index (χ1n) is 14.2. The predicted molar refractivity (Wildman–Crippen MR) is 143 cm³/mol. The van der Waals surface area contributed by atoms with Crippen LogP contribution in [0.15, 0.2) is 23.3 Å². The maximum atomic E-state index is 13.1. The Balaban J connectivity index is 2.07. The molecule has 2 saturated heterocycles. The van der Waals surface area contributed by atoms with Gasteiger partial charge in [-0.05, 0) is 33.3 Å². The third kappa shape index (κ3) is 5.02. The number of esters is 5. The van der Waals surface area contributed by atoms with Crippen LogP contribution in [0, 0.1) is 11.3 Å². The Morgan fingerprint density at radius 2 is 1.50 bits per heavy atom. The van der Waals surface area contributed by atoms with Gasteiger partial charge < -0.3 is 33.5 Å². The van der Waals surface area contributed by atoms with Gasteiger partial charge in [0.2, 0.25) is 0 Å². The number of hydrogen-bond acceptors (Lipinski definition) is 12. The molecule has 10 atom stereocenters. The summed E-state index contributed by atoms with van der Waals surface area (Å²) < 4.78 is 35.6. The highest BCUT2D eigenvalue weighted by Crippen LogP contribution is 2.65. The van der Waals surface area contributed by atoms with E-state index in [-0.39, 0.29) is 12.8 Å². The van der Waals surface area contributed by atoms with Gasteiger partial charge in [-0.3, -0.25) is 19.2 Å². The van der Waals surface area contributed by atoms with Gasteiger partial charge >= 0.3 is 29.8 Å². The number of carbonyl (C=O) groups is 5. The first-order chi connectivity index (χ1) is 19.5. The second-order valence-corrected chi connectivity index (χ2v) is 12.1. The number of carbonyl (C=O) groups excluding carboxylic acids is 5. The van der Waals surface area contributed by atoms with Crippen LogP contribution in [0.5, 0.6) is 0 Å². The van der Waals surface area contributed by atoms with Crippen LogP contribution in [0.3, 0.4) is 0 Å². The number of rotatable bonds is 6. The Bertz CT molecular complexity index is 1240. The van der Waals surface area contributed by atoms with Gasteiger partial charge in [0, 0.05) is 39.5 Å². The van der Waals surface area contributed by atoms with E-state index in [1.165, 1.54) is 26.8 Å². The van der Waals surface area contributed by atoms with Gasteiger partial charge in [0.1, 0.15) is 30.5 Å². The van der Waals surface area contributed by atoms with Crippen molar-refractivity contribution in [2.24, 2.45) is 11.3 Å². The highest BCUT2D eigenvalue weighted by Gasteiger charge is 2.87. The van der Waals surface area contributed by atoms with E-state index in [0.29, 0.717) is 17.6 Å². The summed E-state index contributed by atoms with van der Waals surface area (Å²) in [6, 6.07) is 0. The number of epoxide rings is 1. The average Bonchev–Trinajstić information content (AvgIpc) is 3.44. The Morgan fingerprint density at radius 1 is 0.929 bits per heavy atom. The molecule has 4 aliphatic rings. The molecule has 2 aliphatic carbocycles. The zero-order chi connectivity index (χ0) is 31.4. The molecule has 2 aliphatic heterocycles. The Hall–Kier alpha value is -3.25. The molecule has 0 bridgehead atoms. The van der Waals surface area contributed by atoms with Crippen molar-refractivity contribution in [3.05, 3.63) is 23.3 Å². The average molecular weight is 593 g/mol. The van der Waals surface area contributed by atoms with E-state index in [4.69, 9.17) is 28.4 Å². The van der Waals surface area contributed by atoms with Crippen LogP contribution >= 0.6 is 0 Å². The second kappa shape index (κ2) is 11.1. The summed E-state index contributed by atoms with van der Waals surface area (Å²) in [6.07, 6.45) is -3.66. The summed E-state index contributed by atoms with van der Waals surface area (Å²) in [4.78, 5) is 63.8. The number of ether oxygens (including phenoxy) is 6. The van der Waals surface area contributed by atoms with E-state index in [2.05, 4.69) is 0 Å². The summed E-state index contributed by atoms with van der Waals surface area (Å²) >= 11 is 0. The van der Waals surface area contributed by atoms with Crippen molar-refractivity contribution in [2.75, 3.05) is 0 Å². The van der Waals surface area contributed by atoms with Gasteiger partial charge in [-0.2, -0.15) is 0 Å². The van der Waals surface area contributed by atoms with E-state index >= 15 is 0 Å². The van der Waals surface area contributed by atoms with Gasteiger partial charge in [-0.15, -0.1) is 0 Å².